The number of nitrogens with zero attached hydrogens (tertiary/aromatic N) is 4. The van der Waals surface area contributed by atoms with E-state index in [-0.39, 0.29) is 14.2 Å². The fourth-order valence-corrected chi connectivity index (χ4v) is 7.76. The van der Waals surface area contributed by atoms with E-state index in [0.717, 1.165) is 63.5 Å². The number of nitrogens with two attached hydrogens (primary N) is 4. The first kappa shape index (κ1) is 50.5. The Morgan fingerprint density at radius 2 is 1.06 bits per heavy atom. The molecule has 4 aromatic heterocycles. The Morgan fingerprint density at radius 1 is 0.635 bits per heavy atom. The number of aromatic nitrogens is 4. The number of halogens is 1. The van der Waals surface area contributed by atoms with E-state index in [1.165, 1.54) is 27.4 Å². The molecule has 0 aromatic carbocycles. The zero-order chi connectivity index (χ0) is 39.2. The number of thioether (sulfide) groups is 3. The molecule has 0 saturated heterocycles. The summed E-state index contributed by atoms with van der Waals surface area (Å²) in [4.78, 5) is 18.1. The second kappa shape index (κ2) is 31.8. The summed E-state index contributed by atoms with van der Waals surface area (Å²) in [6.45, 7) is 17.7. The van der Waals surface area contributed by atoms with Crippen LogP contribution in [0.4, 0.5) is 0 Å². The predicted molar refractivity (Wildman–Crippen MR) is 242 cm³/mol. The lowest BCUT2D eigenvalue weighted by Gasteiger charge is -2.18. The molecule has 4 rings (SSSR count). The van der Waals surface area contributed by atoms with Gasteiger partial charge in [0, 0.05) is 99.6 Å². The van der Waals surface area contributed by atoms with Crippen molar-refractivity contribution in [3.8, 4) is 0 Å². The summed E-state index contributed by atoms with van der Waals surface area (Å²) < 4.78 is 1.34. The molecular weight excluding hydrogens is 809 g/mol. The minimum Gasteiger partial charge on any atom is -0.330 e. The molecule has 8 N–H and O–H groups in total. The third-order valence-corrected chi connectivity index (χ3v) is 12.7. The Balaban J connectivity index is 0.000000633. The van der Waals surface area contributed by atoms with E-state index in [1.54, 1.807) is 6.20 Å². The van der Waals surface area contributed by atoms with Crippen LogP contribution in [0.2, 0.25) is 0 Å². The highest BCUT2D eigenvalue weighted by atomic mass is 79.9. The smallest absolute Gasteiger partial charge is 0.0531 e. The van der Waals surface area contributed by atoms with Gasteiger partial charge in [0.1, 0.15) is 0 Å². The van der Waals surface area contributed by atoms with Crippen LogP contribution in [-0.2, 0) is 32.1 Å². The van der Waals surface area contributed by atoms with Crippen LogP contribution in [0.1, 0.15) is 54.7 Å². The molecule has 0 spiro atoms. The maximum Gasteiger partial charge on any atom is 0.0531 e. The topological polar surface area (TPSA) is 156 Å². The van der Waals surface area contributed by atoms with E-state index < -0.39 is 0 Å². The first-order chi connectivity index (χ1) is 24.8. The van der Waals surface area contributed by atoms with Crippen LogP contribution >= 0.6 is 51.2 Å². The van der Waals surface area contributed by atoms with Gasteiger partial charge >= 0.3 is 0 Å². The van der Waals surface area contributed by atoms with Crippen LogP contribution < -0.4 is 22.9 Å². The SMILES string of the molecule is Cc1cccnc1CSCCN.Cc1cccnc1CSCCN.Cc1ncccc1Br.Cc1ncccc1SC(C)(C)C.NCCS(=S)CCN. The molecule has 0 unspecified atom stereocenters. The van der Waals surface area contributed by atoms with Gasteiger partial charge in [0.05, 0.1) is 22.8 Å². The average Bonchev–Trinajstić information content (AvgIpc) is 3.10. The number of hydrogen-bond donors (Lipinski definition) is 4. The van der Waals surface area contributed by atoms with Crippen molar-refractivity contribution in [2.45, 2.75) is 69.6 Å². The summed E-state index contributed by atoms with van der Waals surface area (Å²) in [5, 5.41) is 0. The fraction of sp³-hybridized carbons (Fsp3) is 0.474. The summed E-state index contributed by atoms with van der Waals surface area (Å²) in [5.74, 6) is 5.87. The summed E-state index contributed by atoms with van der Waals surface area (Å²) in [6.07, 6.45) is 7.29. The van der Waals surface area contributed by atoms with Crippen molar-refractivity contribution in [1.29, 1.82) is 0 Å². The lowest BCUT2D eigenvalue weighted by Crippen LogP contribution is -2.16. The molecule has 290 valence electrons. The van der Waals surface area contributed by atoms with Crippen LogP contribution in [0.5, 0.6) is 0 Å². The van der Waals surface area contributed by atoms with E-state index in [0.29, 0.717) is 13.1 Å². The fourth-order valence-electron chi connectivity index (χ4n) is 3.58. The van der Waals surface area contributed by atoms with Crippen LogP contribution in [0.25, 0.3) is 0 Å². The second-order valence-corrected chi connectivity index (χ2v) is 20.1. The van der Waals surface area contributed by atoms with Gasteiger partial charge in [-0.2, -0.15) is 23.5 Å². The molecule has 0 atom stereocenters. The van der Waals surface area contributed by atoms with Gasteiger partial charge in [-0.05, 0) is 91.1 Å². The Bertz CT molecular complexity index is 1430. The second-order valence-electron chi connectivity index (χ2n) is 12.0. The molecule has 0 amide bonds. The maximum atomic E-state index is 5.39. The zero-order valence-corrected chi connectivity index (χ0v) is 37.7. The first-order valence-corrected chi connectivity index (χ1v) is 23.5. The summed E-state index contributed by atoms with van der Waals surface area (Å²) in [5.41, 5.74) is 28.3. The van der Waals surface area contributed by atoms with Crippen molar-refractivity contribution in [1.82, 2.24) is 19.9 Å². The largest absolute Gasteiger partial charge is 0.330 e. The van der Waals surface area contributed by atoms with Crippen LogP contribution in [0.15, 0.2) is 82.7 Å². The van der Waals surface area contributed by atoms with E-state index >= 15 is 0 Å². The third kappa shape index (κ3) is 27.2. The van der Waals surface area contributed by atoms with Gasteiger partial charge in [0.25, 0.3) is 0 Å². The Labute approximate surface area is 342 Å². The van der Waals surface area contributed by atoms with Gasteiger partial charge in [-0.1, -0.05) is 44.1 Å². The van der Waals surface area contributed by atoms with Crippen molar-refractivity contribution in [2.75, 3.05) is 49.2 Å². The minimum absolute atomic E-state index is 0.0633. The third-order valence-electron chi connectivity index (χ3n) is 6.25. The van der Waals surface area contributed by atoms with E-state index in [2.05, 4.69) is 88.7 Å². The van der Waals surface area contributed by atoms with Crippen LogP contribution in [0, 0.1) is 27.7 Å². The average molecular weight is 870 g/mol. The summed E-state index contributed by atoms with van der Waals surface area (Å²) in [6, 6.07) is 16.1. The van der Waals surface area contributed by atoms with Crippen molar-refractivity contribution in [3.63, 3.8) is 0 Å². The van der Waals surface area contributed by atoms with Crippen molar-refractivity contribution in [2.24, 2.45) is 22.9 Å². The van der Waals surface area contributed by atoms with E-state index in [4.69, 9.17) is 34.1 Å². The molecule has 0 aliphatic carbocycles. The van der Waals surface area contributed by atoms with E-state index in [9.17, 15) is 0 Å². The molecule has 0 fully saturated rings. The van der Waals surface area contributed by atoms with Crippen molar-refractivity contribution >= 4 is 71.9 Å². The monoisotopic (exact) mass is 868 g/mol. The molecule has 0 saturated carbocycles. The van der Waals surface area contributed by atoms with Crippen LogP contribution in [0.3, 0.4) is 0 Å². The molecule has 4 heterocycles. The number of pyridine rings is 4. The van der Waals surface area contributed by atoms with Gasteiger partial charge in [0.2, 0.25) is 0 Å². The van der Waals surface area contributed by atoms with Crippen LogP contribution in [-0.4, -0.2) is 73.9 Å². The molecule has 0 bridgehead atoms. The molecule has 0 aliphatic rings. The van der Waals surface area contributed by atoms with Crippen molar-refractivity contribution in [3.05, 3.63) is 112 Å². The highest BCUT2D eigenvalue weighted by molar-refractivity contribution is 9.10. The Hall–Kier alpha value is -1.46. The highest BCUT2D eigenvalue weighted by Crippen LogP contribution is 2.32. The predicted octanol–water partition coefficient (Wildman–Crippen LogP) is 7.58. The zero-order valence-electron chi connectivity index (χ0n) is 32.0. The number of hydrogen-bond acceptors (Lipinski definition) is 12. The quantitative estimate of drug-likeness (QED) is 0.0774. The maximum absolute atomic E-state index is 5.39. The molecule has 0 radical (unpaired) electrons. The Morgan fingerprint density at radius 3 is 1.40 bits per heavy atom. The lowest BCUT2D eigenvalue weighted by atomic mass is 10.2. The molecule has 14 heteroatoms. The standard InChI is InChI=1S/C10H15NS.2C9H14N2S.C6H6BrN.C4H12N2S2/c1-8-9(6-5-7-11-8)12-10(2,3)4;2*1-8-3-2-5-11-9(8)7-12-6-4-10;1-5-6(7)3-2-4-8-5;5-1-3-8(7)4-2-6/h5-7H,1-4H3;2*2-3,5H,4,6-7,10H2,1H3;2-4H,1H3;1-6H2. The van der Waals surface area contributed by atoms with Gasteiger partial charge in [0.15, 0.2) is 0 Å². The highest BCUT2D eigenvalue weighted by Gasteiger charge is 2.13. The Kier molecular flexibility index (Phi) is 31.0. The number of rotatable bonds is 13. The van der Waals surface area contributed by atoms with Gasteiger partial charge in [-0.15, -0.1) is 21.2 Å². The van der Waals surface area contributed by atoms with Gasteiger partial charge < -0.3 is 22.9 Å². The molecule has 52 heavy (non-hydrogen) atoms. The van der Waals surface area contributed by atoms with E-state index in [1.807, 2.05) is 98.1 Å². The lowest BCUT2D eigenvalue weighted by molar-refractivity contribution is 0.801. The summed E-state index contributed by atoms with van der Waals surface area (Å²) in [7, 11) is 0.0633. The van der Waals surface area contributed by atoms with Crippen molar-refractivity contribution < 1.29 is 0 Å². The summed E-state index contributed by atoms with van der Waals surface area (Å²) >= 11 is 13.9. The number of aryl methyl sites for hydroxylation is 4. The normalized spacial score (nSPS) is 10.4. The van der Waals surface area contributed by atoms with Gasteiger partial charge in [-0.3, -0.25) is 19.9 Å². The minimum atomic E-state index is 0.0633. The molecule has 4 aromatic rings. The molecule has 8 nitrogen and oxygen atoms in total. The first-order valence-electron chi connectivity index (χ1n) is 17.1. The molecular formula is C38H61BrN8S5. The molecule has 0 aliphatic heterocycles. The van der Waals surface area contributed by atoms with Gasteiger partial charge in [-0.25, -0.2) is 0 Å².